The molecule has 1 aliphatic heterocycles. The van der Waals surface area contributed by atoms with E-state index < -0.39 is 12.1 Å². The number of likely N-dealkylation sites (N-methyl/N-ethyl adjacent to an activating group) is 1. The molecule has 3 rings (SSSR count). The first-order chi connectivity index (χ1) is 11.9. The summed E-state index contributed by atoms with van der Waals surface area (Å²) in [6.45, 7) is 2.07. The van der Waals surface area contributed by atoms with E-state index in [0.717, 1.165) is 22.4 Å². The number of benzene rings is 2. The highest BCUT2D eigenvalue weighted by Gasteiger charge is 2.33. The van der Waals surface area contributed by atoms with Crippen molar-refractivity contribution < 1.29 is 9.59 Å². The summed E-state index contributed by atoms with van der Waals surface area (Å²) in [5.41, 5.74) is 9.10. The van der Waals surface area contributed by atoms with Crippen LogP contribution < -0.4 is 16.0 Å². The van der Waals surface area contributed by atoms with Crippen LogP contribution >= 0.6 is 11.6 Å². The average molecular weight is 358 g/mol. The third-order valence-electron chi connectivity index (χ3n) is 4.69. The maximum Gasteiger partial charge on any atom is 0.312 e. The van der Waals surface area contributed by atoms with Crippen molar-refractivity contribution in [2.75, 3.05) is 11.9 Å². The van der Waals surface area contributed by atoms with E-state index in [1.54, 1.807) is 11.9 Å². The minimum absolute atomic E-state index is 0.0274. The number of fused-ring (bicyclic) bond motifs is 1. The van der Waals surface area contributed by atoms with Gasteiger partial charge in [-0.05, 0) is 22.8 Å². The third kappa shape index (κ3) is 3.20. The lowest BCUT2D eigenvalue weighted by Crippen LogP contribution is -2.53. The summed E-state index contributed by atoms with van der Waals surface area (Å²) in [6.07, 6.45) is 0.421. The SMILES string of the molecule is CC(c1ccccc1Cl)c1cccc2c1N(C)C(=O)[C@H](NC(N)=O)C2. The highest BCUT2D eigenvalue weighted by molar-refractivity contribution is 6.31. The van der Waals surface area contributed by atoms with Crippen molar-refractivity contribution in [1.29, 1.82) is 0 Å². The molecular weight excluding hydrogens is 338 g/mol. The number of nitrogens with two attached hydrogens (primary N) is 1. The fourth-order valence-electron chi connectivity index (χ4n) is 3.46. The lowest BCUT2D eigenvalue weighted by Gasteiger charge is -2.34. The van der Waals surface area contributed by atoms with E-state index in [-0.39, 0.29) is 11.8 Å². The van der Waals surface area contributed by atoms with Gasteiger partial charge in [0.25, 0.3) is 0 Å². The number of nitrogens with zero attached hydrogens (tertiary/aromatic N) is 1. The minimum atomic E-state index is -0.698. The van der Waals surface area contributed by atoms with Crippen LogP contribution in [0.1, 0.15) is 29.5 Å². The molecule has 0 spiro atoms. The van der Waals surface area contributed by atoms with Crippen molar-refractivity contribution in [3.05, 3.63) is 64.2 Å². The molecule has 0 fully saturated rings. The van der Waals surface area contributed by atoms with Gasteiger partial charge >= 0.3 is 6.03 Å². The Morgan fingerprint density at radius 1 is 1.24 bits per heavy atom. The van der Waals surface area contributed by atoms with Crippen LogP contribution in [-0.2, 0) is 11.2 Å². The van der Waals surface area contributed by atoms with Crippen molar-refractivity contribution in [1.82, 2.24) is 5.32 Å². The van der Waals surface area contributed by atoms with E-state index in [1.807, 2.05) is 42.5 Å². The topological polar surface area (TPSA) is 75.4 Å². The highest BCUT2D eigenvalue weighted by Crippen LogP contribution is 2.39. The van der Waals surface area contributed by atoms with Crippen molar-refractivity contribution in [2.24, 2.45) is 5.73 Å². The summed E-state index contributed by atoms with van der Waals surface area (Å²) in [4.78, 5) is 25.4. The first-order valence-electron chi connectivity index (χ1n) is 8.10. The van der Waals surface area contributed by atoms with Gasteiger partial charge in [-0.25, -0.2) is 4.79 Å². The molecule has 2 aromatic carbocycles. The number of nitrogens with one attached hydrogen (secondary N) is 1. The molecule has 2 atom stereocenters. The molecule has 1 heterocycles. The molecule has 130 valence electrons. The van der Waals surface area contributed by atoms with Crippen LogP contribution in [0.15, 0.2) is 42.5 Å². The summed E-state index contributed by atoms with van der Waals surface area (Å²) >= 11 is 6.36. The van der Waals surface area contributed by atoms with Crippen LogP contribution in [0.2, 0.25) is 5.02 Å². The summed E-state index contributed by atoms with van der Waals surface area (Å²) in [7, 11) is 1.72. The average Bonchev–Trinajstić information content (AvgIpc) is 2.58. The number of rotatable bonds is 3. The number of urea groups is 1. The van der Waals surface area contributed by atoms with Gasteiger partial charge in [0.15, 0.2) is 0 Å². The van der Waals surface area contributed by atoms with Gasteiger partial charge < -0.3 is 16.0 Å². The maximum absolute atomic E-state index is 12.6. The number of halogens is 1. The summed E-state index contributed by atoms with van der Waals surface area (Å²) in [6, 6.07) is 12.3. The number of carbonyl (C=O) groups excluding carboxylic acids is 2. The Balaban J connectivity index is 2.04. The standard InChI is InChI=1S/C19H20ClN3O2/c1-11(13-7-3-4-9-15(13)20)14-8-5-6-12-10-16(22-19(21)25)18(24)23(2)17(12)14/h3-9,11,16H,10H2,1-2H3,(H3,21,22,25)/t11?,16-/m1/s1. The summed E-state index contributed by atoms with van der Waals surface area (Å²) < 4.78 is 0. The molecule has 3 N–H and O–H groups in total. The van der Waals surface area contributed by atoms with Gasteiger partial charge in [-0.1, -0.05) is 54.9 Å². The van der Waals surface area contributed by atoms with Crippen LogP contribution in [0.5, 0.6) is 0 Å². The van der Waals surface area contributed by atoms with Gasteiger partial charge in [0, 0.05) is 24.4 Å². The molecule has 0 saturated carbocycles. The highest BCUT2D eigenvalue weighted by atomic mass is 35.5. The van der Waals surface area contributed by atoms with E-state index in [4.69, 9.17) is 17.3 Å². The molecule has 0 radical (unpaired) electrons. The Bertz CT molecular complexity index is 837. The predicted molar refractivity (Wildman–Crippen MR) is 99.0 cm³/mol. The van der Waals surface area contributed by atoms with Gasteiger partial charge in [0.1, 0.15) is 6.04 Å². The number of para-hydroxylation sites is 1. The smallest absolute Gasteiger partial charge is 0.312 e. The minimum Gasteiger partial charge on any atom is -0.352 e. The molecule has 0 bridgehead atoms. The largest absolute Gasteiger partial charge is 0.352 e. The lowest BCUT2D eigenvalue weighted by atomic mass is 9.86. The lowest BCUT2D eigenvalue weighted by molar-refractivity contribution is -0.120. The monoisotopic (exact) mass is 357 g/mol. The van der Waals surface area contributed by atoms with Gasteiger partial charge in [-0.15, -0.1) is 0 Å². The van der Waals surface area contributed by atoms with Crippen LogP contribution in [0.4, 0.5) is 10.5 Å². The Kier molecular flexibility index (Phi) is 4.68. The normalized spacial score (nSPS) is 17.8. The van der Waals surface area contributed by atoms with Crippen LogP contribution in [0.3, 0.4) is 0 Å². The molecule has 0 aromatic heterocycles. The number of hydrogen-bond acceptors (Lipinski definition) is 2. The molecule has 6 heteroatoms. The van der Waals surface area contributed by atoms with E-state index in [2.05, 4.69) is 12.2 Å². The first kappa shape index (κ1) is 17.3. The molecule has 25 heavy (non-hydrogen) atoms. The Hall–Kier alpha value is -2.53. The Morgan fingerprint density at radius 2 is 1.92 bits per heavy atom. The zero-order valence-corrected chi connectivity index (χ0v) is 14.9. The fraction of sp³-hybridized carbons (Fsp3) is 0.263. The quantitative estimate of drug-likeness (QED) is 0.885. The van der Waals surface area contributed by atoms with Crippen LogP contribution in [-0.4, -0.2) is 25.0 Å². The number of amides is 3. The fourth-order valence-corrected chi connectivity index (χ4v) is 3.76. The van der Waals surface area contributed by atoms with Crippen molar-refractivity contribution in [2.45, 2.75) is 25.3 Å². The van der Waals surface area contributed by atoms with E-state index in [1.165, 1.54) is 0 Å². The molecule has 1 aliphatic rings. The van der Waals surface area contributed by atoms with Crippen molar-refractivity contribution >= 4 is 29.2 Å². The summed E-state index contributed by atoms with van der Waals surface area (Å²) in [5.74, 6) is -0.148. The molecule has 5 nitrogen and oxygen atoms in total. The second-order valence-corrected chi connectivity index (χ2v) is 6.67. The third-order valence-corrected chi connectivity index (χ3v) is 5.04. The number of anilines is 1. The Morgan fingerprint density at radius 3 is 2.60 bits per heavy atom. The molecule has 0 aliphatic carbocycles. The van der Waals surface area contributed by atoms with E-state index >= 15 is 0 Å². The van der Waals surface area contributed by atoms with Crippen LogP contribution in [0, 0.1) is 0 Å². The summed E-state index contributed by atoms with van der Waals surface area (Å²) in [5, 5.41) is 3.22. The second-order valence-electron chi connectivity index (χ2n) is 6.26. The molecule has 3 amide bonds. The molecule has 1 unspecified atom stereocenters. The van der Waals surface area contributed by atoms with Gasteiger partial charge in [0.05, 0.1) is 5.69 Å². The second kappa shape index (κ2) is 6.76. The predicted octanol–water partition coefficient (Wildman–Crippen LogP) is 3.05. The van der Waals surface area contributed by atoms with Crippen molar-refractivity contribution in [3.63, 3.8) is 0 Å². The molecule has 2 aromatic rings. The van der Waals surface area contributed by atoms with E-state index in [9.17, 15) is 9.59 Å². The number of hydrogen-bond donors (Lipinski definition) is 2. The van der Waals surface area contributed by atoms with E-state index in [0.29, 0.717) is 11.4 Å². The first-order valence-corrected chi connectivity index (χ1v) is 8.47. The molecule has 0 saturated heterocycles. The van der Waals surface area contributed by atoms with Gasteiger partial charge in [-0.2, -0.15) is 0 Å². The van der Waals surface area contributed by atoms with Crippen molar-refractivity contribution in [3.8, 4) is 0 Å². The molecular formula is C19H20ClN3O2. The van der Waals surface area contributed by atoms with Crippen LogP contribution in [0.25, 0.3) is 0 Å². The zero-order chi connectivity index (χ0) is 18.1. The maximum atomic E-state index is 12.6. The number of primary amides is 1. The van der Waals surface area contributed by atoms with Gasteiger partial charge in [-0.3, -0.25) is 4.79 Å². The number of carbonyl (C=O) groups is 2. The van der Waals surface area contributed by atoms with Gasteiger partial charge in [0.2, 0.25) is 5.91 Å². The Labute approximate surface area is 151 Å². The zero-order valence-electron chi connectivity index (χ0n) is 14.1.